The van der Waals surface area contributed by atoms with E-state index in [-0.39, 0.29) is 29.7 Å². The maximum absolute atomic E-state index is 13.7. The summed E-state index contributed by atoms with van der Waals surface area (Å²) in [7, 11) is 0. The van der Waals surface area contributed by atoms with Gasteiger partial charge in [0.15, 0.2) is 5.78 Å². The lowest BCUT2D eigenvalue weighted by molar-refractivity contribution is -0.287. The van der Waals surface area contributed by atoms with Crippen LogP contribution in [0, 0.1) is 0 Å². The smallest absolute Gasteiger partial charge is 0.453 e. The summed E-state index contributed by atoms with van der Waals surface area (Å²) in [5.41, 5.74) is -3.48. The number of hydrogen-bond acceptors (Lipinski definition) is 3. The Morgan fingerprint density at radius 2 is 1.77 bits per heavy atom. The lowest BCUT2D eigenvalue weighted by Crippen LogP contribution is -2.61. The SMILES string of the molecule is O=C1CCCC2=C1C(=O)NC(c1ccccc1)(C(F)(F)F)O2. The molecule has 0 saturated carbocycles. The number of rotatable bonds is 1. The van der Waals surface area contributed by atoms with Crippen LogP contribution in [0.4, 0.5) is 13.2 Å². The van der Waals surface area contributed by atoms with E-state index in [0.717, 1.165) is 0 Å². The summed E-state index contributed by atoms with van der Waals surface area (Å²) in [5.74, 6) is -1.70. The zero-order valence-electron chi connectivity index (χ0n) is 11.4. The molecule has 4 nitrogen and oxygen atoms in total. The first-order chi connectivity index (χ1) is 10.3. The van der Waals surface area contributed by atoms with Gasteiger partial charge in [0, 0.05) is 18.4 Å². The first-order valence-electron chi connectivity index (χ1n) is 6.75. The Labute approximate surface area is 123 Å². The van der Waals surface area contributed by atoms with E-state index in [1.54, 1.807) is 6.07 Å². The van der Waals surface area contributed by atoms with E-state index in [1.165, 1.54) is 24.3 Å². The van der Waals surface area contributed by atoms with Gasteiger partial charge in [-0.2, -0.15) is 13.2 Å². The normalized spacial score (nSPS) is 25.4. The van der Waals surface area contributed by atoms with E-state index in [9.17, 15) is 22.8 Å². The minimum absolute atomic E-state index is 0.138. The fraction of sp³-hybridized carbons (Fsp3) is 0.333. The maximum atomic E-state index is 13.7. The average Bonchev–Trinajstić information content (AvgIpc) is 2.46. The third-order valence-corrected chi connectivity index (χ3v) is 3.74. The Morgan fingerprint density at radius 1 is 1.09 bits per heavy atom. The third kappa shape index (κ3) is 2.08. The Kier molecular flexibility index (Phi) is 3.23. The molecule has 7 heteroatoms. The van der Waals surface area contributed by atoms with Gasteiger partial charge in [0.05, 0.1) is 0 Å². The Bertz CT molecular complexity index is 666. The molecule has 0 bridgehead atoms. The van der Waals surface area contributed by atoms with Crippen molar-refractivity contribution in [1.29, 1.82) is 0 Å². The number of benzene rings is 1. The summed E-state index contributed by atoms with van der Waals surface area (Å²) >= 11 is 0. The molecule has 0 spiro atoms. The van der Waals surface area contributed by atoms with Gasteiger partial charge in [-0.1, -0.05) is 30.3 Å². The molecule has 1 N–H and O–H groups in total. The van der Waals surface area contributed by atoms with Gasteiger partial charge in [0.1, 0.15) is 11.3 Å². The summed E-state index contributed by atoms with van der Waals surface area (Å²) < 4.78 is 46.2. The van der Waals surface area contributed by atoms with Crippen molar-refractivity contribution >= 4 is 11.7 Å². The summed E-state index contributed by atoms with van der Waals surface area (Å²) in [6, 6.07) is 6.86. The van der Waals surface area contributed by atoms with E-state index in [4.69, 9.17) is 4.74 Å². The summed E-state index contributed by atoms with van der Waals surface area (Å²) in [5, 5.41) is 1.85. The predicted molar refractivity (Wildman–Crippen MR) is 69.3 cm³/mol. The second kappa shape index (κ2) is 4.86. The van der Waals surface area contributed by atoms with E-state index < -0.39 is 23.6 Å². The summed E-state index contributed by atoms with van der Waals surface area (Å²) in [6.07, 6.45) is -4.23. The highest BCUT2D eigenvalue weighted by molar-refractivity contribution is 6.20. The molecule has 0 radical (unpaired) electrons. The molecule has 0 fully saturated rings. The van der Waals surface area contributed by atoms with Gasteiger partial charge < -0.3 is 10.1 Å². The van der Waals surface area contributed by atoms with Crippen LogP contribution in [-0.2, 0) is 20.1 Å². The molecule has 1 amide bonds. The lowest BCUT2D eigenvalue weighted by atomic mass is 9.91. The molecule has 22 heavy (non-hydrogen) atoms. The number of allylic oxidation sites excluding steroid dienone is 1. The molecule has 1 aliphatic heterocycles. The van der Waals surface area contributed by atoms with Crippen molar-refractivity contribution in [3.05, 3.63) is 47.2 Å². The van der Waals surface area contributed by atoms with Gasteiger partial charge in [-0.15, -0.1) is 0 Å². The molecule has 3 rings (SSSR count). The molecule has 116 valence electrons. The van der Waals surface area contributed by atoms with E-state index >= 15 is 0 Å². The van der Waals surface area contributed by atoms with Crippen LogP contribution < -0.4 is 5.32 Å². The number of alkyl halides is 3. The Morgan fingerprint density at radius 3 is 2.41 bits per heavy atom. The molecule has 1 heterocycles. The number of ketones is 1. The number of hydrogen-bond donors (Lipinski definition) is 1. The van der Waals surface area contributed by atoms with Crippen molar-refractivity contribution in [3.63, 3.8) is 0 Å². The Balaban J connectivity index is 2.15. The second-order valence-corrected chi connectivity index (χ2v) is 5.18. The minimum atomic E-state index is -4.87. The van der Waals surface area contributed by atoms with Gasteiger partial charge in [0.2, 0.25) is 0 Å². The molecule has 1 unspecified atom stereocenters. The maximum Gasteiger partial charge on any atom is 0.453 e. The molecule has 1 aromatic rings. The fourth-order valence-electron chi connectivity index (χ4n) is 2.70. The molecular weight excluding hydrogens is 299 g/mol. The van der Waals surface area contributed by atoms with Crippen LogP contribution >= 0.6 is 0 Å². The van der Waals surface area contributed by atoms with E-state index in [2.05, 4.69) is 0 Å². The molecule has 1 aliphatic carbocycles. The van der Waals surface area contributed by atoms with Gasteiger partial charge >= 0.3 is 11.9 Å². The predicted octanol–water partition coefficient (Wildman–Crippen LogP) is 2.56. The summed E-state index contributed by atoms with van der Waals surface area (Å²) in [6.45, 7) is 0. The number of nitrogens with one attached hydrogen (secondary N) is 1. The first kappa shape index (κ1) is 14.6. The number of amides is 1. The standard InChI is InChI=1S/C15H12F3NO3/c16-15(17,18)14(9-5-2-1-3-6-9)19-13(21)12-10(20)7-4-8-11(12)22-14/h1-3,5-6H,4,7-8H2,(H,19,21). The monoisotopic (exact) mass is 311 g/mol. The lowest BCUT2D eigenvalue weighted by Gasteiger charge is -2.41. The Hall–Kier alpha value is -2.31. The van der Waals surface area contributed by atoms with Crippen LogP contribution in [0.25, 0.3) is 0 Å². The van der Waals surface area contributed by atoms with Gasteiger partial charge in [-0.3, -0.25) is 9.59 Å². The van der Waals surface area contributed by atoms with Crippen molar-refractivity contribution in [3.8, 4) is 0 Å². The minimum Gasteiger partial charge on any atom is -0.458 e. The van der Waals surface area contributed by atoms with Crippen LogP contribution in [0.2, 0.25) is 0 Å². The van der Waals surface area contributed by atoms with Crippen molar-refractivity contribution in [2.75, 3.05) is 0 Å². The van der Waals surface area contributed by atoms with Gasteiger partial charge in [-0.05, 0) is 6.42 Å². The van der Waals surface area contributed by atoms with Gasteiger partial charge in [-0.25, -0.2) is 0 Å². The van der Waals surface area contributed by atoms with E-state index in [0.29, 0.717) is 6.42 Å². The molecule has 2 aliphatic rings. The second-order valence-electron chi connectivity index (χ2n) is 5.18. The fourth-order valence-corrected chi connectivity index (χ4v) is 2.70. The molecule has 0 aromatic heterocycles. The zero-order chi connectivity index (χ0) is 16.0. The highest BCUT2D eigenvalue weighted by atomic mass is 19.4. The van der Waals surface area contributed by atoms with Crippen LogP contribution in [0.3, 0.4) is 0 Å². The number of carbonyl (C=O) groups is 2. The number of carbonyl (C=O) groups excluding carboxylic acids is 2. The average molecular weight is 311 g/mol. The number of Topliss-reactive ketones (excluding diaryl/α,β-unsaturated/α-hetero) is 1. The van der Waals surface area contributed by atoms with Gasteiger partial charge in [0.25, 0.3) is 5.91 Å². The molecule has 1 aromatic carbocycles. The van der Waals surface area contributed by atoms with Crippen molar-refractivity contribution in [1.82, 2.24) is 5.32 Å². The van der Waals surface area contributed by atoms with Crippen LogP contribution in [0.5, 0.6) is 0 Å². The molecular formula is C15H12F3NO3. The highest BCUT2D eigenvalue weighted by Crippen LogP contribution is 2.45. The van der Waals surface area contributed by atoms with E-state index in [1.807, 2.05) is 5.32 Å². The number of ether oxygens (including phenoxy) is 1. The van der Waals surface area contributed by atoms with Crippen molar-refractivity contribution in [2.45, 2.75) is 31.2 Å². The summed E-state index contributed by atoms with van der Waals surface area (Å²) in [4.78, 5) is 23.9. The first-order valence-corrected chi connectivity index (χ1v) is 6.75. The number of halogens is 3. The quantitative estimate of drug-likeness (QED) is 0.811. The molecule has 0 saturated heterocycles. The van der Waals surface area contributed by atoms with Crippen molar-refractivity contribution in [2.24, 2.45) is 0 Å². The largest absolute Gasteiger partial charge is 0.458 e. The molecule has 1 atom stereocenters. The van der Waals surface area contributed by atoms with Crippen LogP contribution in [-0.4, -0.2) is 17.9 Å². The third-order valence-electron chi connectivity index (χ3n) is 3.74. The topological polar surface area (TPSA) is 55.4 Å². The van der Waals surface area contributed by atoms with Crippen LogP contribution in [0.15, 0.2) is 41.7 Å². The van der Waals surface area contributed by atoms with Crippen molar-refractivity contribution < 1.29 is 27.5 Å². The van der Waals surface area contributed by atoms with Crippen LogP contribution in [0.1, 0.15) is 24.8 Å². The zero-order valence-corrected chi connectivity index (χ0v) is 11.4. The highest BCUT2D eigenvalue weighted by Gasteiger charge is 2.63.